The van der Waals surface area contributed by atoms with E-state index in [1.165, 1.54) is 6.33 Å². The van der Waals surface area contributed by atoms with Crippen molar-refractivity contribution in [3.8, 4) is 22.3 Å². The van der Waals surface area contributed by atoms with Gasteiger partial charge in [0.2, 0.25) is 5.89 Å². The molecule has 4 aromatic rings. The zero-order chi connectivity index (χ0) is 25.1. The summed E-state index contributed by atoms with van der Waals surface area (Å²) in [6.45, 7) is 4.85. The highest BCUT2D eigenvalue weighted by Gasteiger charge is 2.16. The maximum absolute atomic E-state index is 13.6. The molecule has 5 rings (SSSR count). The van der Waals surface area contributed by atoms with Crippen molar-refractivity contribution in [2.24, 2.45) is 4.99 Å². The van der Waals surface area contributed by atoms with Gasteiger partial charge < -0.3 is 9.84 Å². The third-order valence-electron chi connectivity index (χ3n) is 6.22. The molecule has 1 aliphatic rings. The van der Waals surface area contributed by atoms with Gasteiger partial charge in [-0.1, -0.05) is 48.0 Å². The Kier molecular flexibility index (Phi) is 6.77. The summed E-state index contributed by atoms with van der Waals surface area (Å²) >= 11 is 6.72. The van der Waals surface area contributed by atoms with Gasteiger partial charge in [0.1, 0.15) is 11.3 Å². The summed E-state index contributed by atoms with van der Waals surface area (Å²) in [6, 6.07) is 11.5. The molecule has 36 heavy (non-hydrogen) atoms. The number of aromatic nitrogens is 4. The smallest absolute Gasteiger partial charge is 0.260 e. The number of nitrogens with one attached hydrogen (secondary N) is 1. The number of halogens is 1. The highest BCUT2D eigenvalue weighted by atomic mass is 35.5. The topological polar surface area (TPSA) is 98.2 Å². The zero-order valence-corrected chi connectivity index (χ0v) is 20.8. The van der Waals surface area contributed by atoms with E-state index in [4.69, 9.17) is 21.1 Å². The average Bonchev–Trinajstić information content (AvgIpc) is 3.36. The summed E-state index contributed by atoms with van der Waals surface area (Å²) in [7, 11) is 0. The van der Waals surface area contributed by atoms with Gasteiger partial charge in [-0.3, -0.25) is 14.3 Å². The van der Waals surface area contributed by atoms with Crippen molar-refractivity contribution in [2.75, 3.05) is 0 Å². The minimum Gasteiger partial charge on any atom is -0.361 e. The Balaban J connectivity index is 1.60. The van der Waals surface area contributed by atoms with Crippen LogP contribution in [0.2, 0.25) is 5.02 Å². The number of nitrogens with zero attached hydrogens (tertiary/aromatic N) is 5. The standard InChI is InChI=1S/C27H25ClN6O2/c1-3-17-7-8-19-12-22(21-10-9-18(13-23(21)28)20-6-5-11-29-14-20)27(35)34(4-2)26(19)33-25(17)30-15-24-31-16-32-36-24/h5-6,8-14,16,30H,3-4,7,15H2,1-2H3. The van der Waals surface area contributed by atoms with E-state index in [0.717, 1.165) is 34.2 Å². The highest BCUT2D eigenvalue weighted by Crippen LogP contribution is 2.30. The van der Waals surface area contributed by atoms with Crippen LogP contribution in [-0.2, 0) is 13.1 Å². The maximum Gasteiger partial charge on any atom is 0.260 e. The lowest BCUT2D eigenvalue weighted by atomic mass is 10.0. The van der Waals surface area contributed by atoms with Crippen LogP contribution in [0.3, 0.4) is 0 Å². The van der Waals surface area contributed by atoms with E-state index in [0.29, 0.717) is 47.0 Å². The SMILES string of the molecule is CCC1=C(NCc2ncno2)N=c2c(cc(-c3ccc(-c4cccnc4)cc3Cl)c(=O)n2CC)=CC1. The van der Waals surface area contributed by atoms with Gasteiger partial charge in [-0.25, -0.2) is 4.99 Å². The van der Waals surface area contributed by atoms with Crippen molar-refractivity contribution in [3.63, 3.8) is 0 Å². The van der Waals surface area contributed by atoms with Crippen molar-refractivity contribution >= 4 is 17.7 Å². The quantitative estimate of drug-likeness (QED) is 0.414. The van der Waals surface area contributed by atoms with Crippen molar-refractivity contribution in [1.82, 2.24) is 25.0 Å². The normalized spacial score (nSPS) is 13.0. The van der Waals surface area contributed by atoms with Crippen LogP contribution in [0.25, 0.3) is 28.3 Å². The number of hydrogen-bond donors (Lipinski definition) is 1. The van der Waals surface area contributed by atoms with Crippen molar-refractivity contribution in [1.29, 1.82) is 0 Å². The van der Waals surface area contributed by atoms with Crippen LogP contribution in [0.5, 0.6) is 0 Å². The van der Waals surface area contributed by atoms with E-state index >= 15 is 0 Å². The van der Waals surface area contributed by atoms with Gasteiger partial charge in [0.05, 0.1) is 6.54 Å². The molecular weight excluding hydrogens is 476 g/mol. The molecule has 1 aromatic carbocycles. The van der Waals surface area contributed by atoms with E-state index in [2.05, 4.69) is 33.4 Å². The van der Waals surface area contributed by atoms with Crippen molar-refractivity contribution in [2.45, 2.75) is 39.8 Å². The fourth-order valence-electron chi connectivity index (χ4n) is 4.31. The lowest BCUT2D eigenvalue weighted by Crippen LogP contribution is -2.44. The van der Waals surface area contributed by atoms with Crippen molar-refractivity contribution < 1.29 is 4.52 Å². The Morgan fingerprint density at radius 2 is 2.03 bits per heavy atom. The van der Waals surface area contributed by atoms with Gasteiger partial charge >= 0.3 is 0 Å². The Bertz CT molecular complexity index is 1610. The maximum atomic E-state index is 13.6. The number of rotatable bonds is 7. The highest BCUT2D eigenvalue weighted by molar-refractivity contribution is 6.33. The second kappa shape index (κ2) is 10.3. The minimum atomic E-state index is -0.138. The molecule has 0 bridgehead atoms. The average molecular weight is 501 g/mol. The number of fused-ring (bicyclic) bond motifs is 1. The number of benzene rings is 1. The number of pyridine rings is 2. The van der Waals surface area contributed by atoms with Crippen LogP contribution < -0.4 is 21.6 Å². The summed E-state index contributed by atoms with van der Waals surface area (Å²) in [4.78, 5) is 26.8. The molecule has 182 valence electrons. The van der Waals surface area contributed by atoms with Crippen LogP contribution in [0.4, 0.5) is 0 Å². The van der Waals surface area contributed by atoms with Gasteiger partial charge in [-0.15, -0.1) is 0 Å². The molecule has 0 atom stereocenters. The summed E-state index contributed by atoms with van der Waals surface area (Å²) in [5.41, 5.74) is 4.75. The molecule has 1 N–H and O–H groups in total. The van der Waals surface area contributed by atoms with Crippen molar-refractivity contribution in [3.05, 3.63) is 98.5 Å². The first kappa shape index (κ1) is 23.7. The van der Waals surface area contributed by atoms with Gasteiger partial charge in [-0.2, -0.15) is 4.98 Å². The lowest BCUT2D eigenvalue weighted by molar-refractivity contribution is 0.371. The summed E-state index contributed by atoms with van der Waals surface area (Å²) in [6.07, 6.45) is 8.51. The molecule has 0 saturated heterocycles. The van der Waals surface area contributed by atoms with Gasteiger partial charge in [0.15, 0.2) is 6.33 Å². The molecule has 0 unspecified atom stereocenters. The number of allylic oxidation sites excluding steroid dienone is 1. The summed E-state index contributed by atoms with van der Waals surface area (Å²) in [5, 5.41) is 8.36. The zero-order valence-electron chi connectivity index (χ0n) is 20.0. The summed E-state index contributed by atoms with van der Waals surface area (Å²) < 4.78 is 6.80. The molecule has 0 aliphatic carbocycles. The Labute approximate surface area is 212 Å². The largest absolute Gasteiger partial charge is 0.361 e. The van der Waals surface area contributed by atoms with Gasteiger partial charge in [-0.05, 0) is 49.1 Å². The molecule has 0 saturated carbocycles. The van der Waals surface area contributed by atoms with E-state index in [9.17, 15) is 4.79 Å². The van der Waals surface area contributed by atoms with E-state index in [1.54, 1.807) is 17.0 Å². The molecule has 8 nitrogen and oxygen atoms in total. The first-order chi connectivity index (χ1) is 17.6. The predicted octanol–water partition coefficient (Wildman–Crippen LogP) is 3.85. The van der Waals surface area contributed by atoms with Gasteiger partial charge in [0, 0.05) is 45.9 Å². The lowest BCUT2D eigenvalue weighted by Gasteiger charge is -2.12. The van der Waals surface area contributed by atoms with Crippen LogP contribution in [0.15, 0.2) is 80.8 Å². The predicted molar refractivity (Wildman–Crippen MR) is 138 cm³/mol. The fraction of sp³-hybridized carbons (Fsp3) is 0.222. The van der Waals surface area contributed by atoms with E-state index < -0.39 is 0 Å². The molecule has 9 heteroatoms. The van der Waals surface area contributed by atoms with Crippen LogP contribution in [0, 0.1) is 0 Å². The molecule has 1 aliphatic heterocycles. The molecule has 0 spiro atoms. The minimum absolute atomic E-state index is 0.138. The summed E-state index contributed by atoms with van der Waals surface area (Å²) in [5.74, 6) is 1.19. The molecule has 0 amide bonds. The van der Waals surface area contributed by atoms with E-state index in [1.807, 2.05) is 43.3 Å². The first-order valence-electron chi connectivity index (χ1n) is 11.8. The Hall–Kier alpha value is -4.04. The molecule has 0 radical (unpaired) electrons. The second-order valence-corrected chi connectivity index (χ2v) is 8.74. The number of hydrogen-bond acceptors (Lipinski definition) is 7. The molecule has 0 fully saturated rings. The Morgan fingerprint density at radius 3 is 2.72 bits per heavy atom. The van der Waals surface area contributed by atoms with Crippen LogP contribution in [0.1, 0.15) is 32.6 Å². The molecule has 3 aromatic heterocycles. The Morgan fingerprint density at radius 1 is 1.14 bits per heavy atom. The third-order valence-corrected chi connectivity index (χ3v) is 6.53. The molecule has 4 heterocycles. The monoisotopic (exact) mass is 500 g/mol. The fourth-order valence-corrected chi connectivity index (χ4v) is 4.59. The van der Waals surface area contributed by atoms with Crippen LogP contribution in [-0.4, -0.2) is 19.7 Å². The first-order valence-corrected chi connectivity index (χ1v) is 12.2. The second-order valence-electron chi connectivity index (χ2n) is 8.34. The third kappa shape index (κ3) is 4.59. The molecular formula is C27H25ClN6O2. The van der Waals surface area contributed by atoms with Crippen LogP contribution >= 0.6 is 11.6 Å². The van der Waals surface area contributed by atoms with Gasteiger partial charge in [0.25, 0.3) is 5.56 Å². The van der Waals surface area contributed by atoms with E-state index in [-0.39, 0.29) is 5.56 Å².